The van der Waals surface area contributed by atoms with Crippen molar-refractivity contribution in [3.05, 3.63) is 18.5 Å². The molecule has 0 bridgehead atoms. The number of ether oxygens (including phenoxy) is 1. The second-order valence-electron chi connectivity index (χ2n) is 5.12. The summed E-state index contributed by atoms with van der Waals surface area (Å²) in [6, 6.07) is 1.93. The second-order valence-corrected chi connectivity index (χ2v) is 5.12. The average molecular weight is 283 g/mol. The molecule has 1 aromatic rings. The maximum Gasteiger partial charge on any atom is 0.0897 e. The maximum absolute atomic E-state index is 9.73. The van der Waals surface area contributed by atoms with E-state index in [1.54, 1.807) is 6.20 Å². The highest BCUT2D eigenvalue weighted by molar-refractivity contribution is 4.77. The van der Waals surface area contributed by atoms with Gasteiger partial charge in [-0.15, -0.1) is 0 Å². The highest BCUT2D eigenvalue weighted by Gasteiger charge is 2.03. The van der Waals surface area contributed by atoms with Gasteiger partial charge in [-0.2, -0.15) is 5.10 Å². The number of rotatable bonds is 13. The van der Waals surface area contributed by atoms with Gasteiger partial charge in [-0.3, -0.25) is 4.68 Å². The van der Waals surface area contributed by atoms with Crippen LogP contribution in [0, 0.1) is 0 Å². The zero-order valence-electron chi connectivity index (χ0n) is 12.6. The number of hydrogen-bond acceptors (Lipinski definition) is 4. The van der Waals surface area contributed by atoms with Crippen molar-refractivity contribution in [1.29, 1.82) is 0 Å². The largest absolute Gasteiger partial charge is 0.389 e. The third-order valence-corrected chi connectivity index (χ3v) is 3.13. The molecule has 116 valence electrons. The smallest absolute Gasteiger partial charge is 0.0897 e. The first-order valence-electron chi connectivity index (χ1n) is 7.77. The lowest BCUT2D eigenvalue weighted by molar-refractivity contribution is 0.0355. The summed E-state index contributed by atoms with van der Waals surface area (Å²) in [5.74, 6) is 0. The summed E-state index contributed by atoms with van der Waals surface area (Å²) in [4.78, 5) is 0. The molecule has 0 saturated heterocycles. The standard InChI is InChI=1S/C15H29N3O2/c1-2-3-4-5-12-20-14-15(19)13-16-8-6-10-18-11-7-9-17-18/h7,9,11,15-16,19H,2-6,8,10,12-14H2,1H3. The molecule has 1 aromatic heterocycles. The first-order valence-corrected chi connectivity index (χ1v) is 7.77. The second kappa shape index (κ2) is 11.9. The minimum Gasteiger partial charge on any atom is -0.389 e. The highest BCUT2D eigenvalue weighted by atomic mass is 16.5. The van der Waals surface area contributed by atoms with Gasteiger partial charge >= 0.3 is 0 Å². The summed E-state index contributed by atoms with van der Waals surface area (Å²) >= 11 is 0. The molecule has 0 aromatic carbocycles. The van der Waals surface area contributed by atoms with Crippen LogP contribution in [-0.4, -0.2) is 47.3 Å². The van der Waals surface area contributed by atoms with E-state index in [9.17, 15) is 5.11 Å². The van der Waals surface area contributed by atoms with Crippen LogP contribution in [0.4, 0.5) is 0 Å². The van der Waals surface area contributed by atoms with Crippen LogP contribution < -0.4 is 5.32 Å². The molecule has 0 fully saturated rings. The fourth-order valence-corrected chi connectivity index (χ4v) is 1.98. The highest BCUT2D eigenvalue weighted by Crippen LogP contribution is 1.99. The van der Waals surface area contributed by atoms with Gasteiger partial charge < -0.3 is 15.2 Å². The van der Waals surface area contributed by atoms with Crippen LogP contribution in [-0.2, 0) is 11.3 Å². The molecule has 0 amide bonds. The first kappa shape index (κ1) is 17.1. The number of aliphatic hydroxyl groups excluding tert-OH is 1. The normalized spacial score (nSPS) is 12.7. The van der Waals surface area contributed by atoms with E-state index in [1.165, 1.54) is 19.3 Å². The van der Waals surface area contributed by atoms with Crippen molar-refractivity contribution in [2.75, 3.05) is 26.3 Å². The van der Waals surface area contributed by atoms with Gasteiger partial charge in [0.1, 0.15) is 0 Å². The van der Waals surface area contributed by atoms with Crippen LogP contribution in [0.2, 0.25) is 0 Å². The van der Waals surface area contributed by atoms with Crippen molar-refractivity contribution in [2.24, 2.45) is 0 Å². The van der Waals surface area contributed by atoms with Gasteiger partial charge in [-0.1, -0.05) is 26.2 Å². The van der Waals surface area contributed by atoms with Gasteiger partial charge in [-0.25, -0.2) is 0 Å². The number of unbranched alkanes of at least 4 members (excludes halogenated alkanes) is 3. The number of aliphatic hydroxyl groups is 1. The third kappa shape index (κ3) is 9.07. The molecular weight excluding hydrogens is 254 g/mol. The number of aryl methyl sites for hydroxylation is 1. The molecule has 5 heteroatoms. The van der Waals surface area contributed by atoms with E-state index in [1.807, 2.05) is 16.9 Å². The van der Waals surface area contributed by atoms with Crippen molar-refractivity contribution in [3.8, 4) is 0 Å². The predicted octanol–water partition coefficient (Wildman–Crippen LogP) is 1.82. The molecule has 0 spiro atoms. The van der Waals surface area contributed by atoms with E-state index >= 15 is 0 Å². The molecule has 0 saturated carbocycles. The van der Waals surface area contributed by atoms with Gasteiger partial charge in [0.25, 0.3) is 0 Å². The summed E-state index contributed by atoms with van der Waals surface area (Å²) in [6.07, 6.45) is 9.17. The lowest BCUT2D eigenvalue weighted by atomic mass is 10.2. The molecule has 1 rings (SSSR count). The van der Waals surface area contributed by atoms with E-state index in [4.69, 9.17) is 4.74 Å². The first-order chi connectivity index (χ1) is 9.83. The van der Waals surface area contributed by atoms with E-state index < -0.39 is 6.10 Å². The van der Waals surface area contributed by atoms with E-state index in [-0.39, 0.29) is 0 Å². The lowest BCUT2D eigenvalue weighted by Crippen LogP contribution is -2.31. The number of nitrogens with zero attached hydrogens (tertiary/aromatic N) is 2. The Kier molecular flexibility index (Phi) is 10.2. The Hall–Kier alpha value is -0.910. The predicted molar refractivity (Wildman–Crippen MR) is 80.7 cm³/mol. The van der Waals surface area contributed by atoms with Gasteiger partial charge in [0.2, 0.25) is 0 Å². The quantitative estimate of drug-likeness (QED) is 0.542. The minimum atomic E-state index is -0.411. The van der Waals surface area contributed by atoms with Gasteiger partial charge in [0.15, 0.2) is 0 Å². The number of aromatic nitrogens is 2. The van der Waals surface area contributed by atoms with Crippen LogP contribution in [0.15, 0.2) is 18.5 Å². The molecule has 1 heterocycles. The Balaban J connectivity index is 1.83. The Morgan fingerprint density at radius 3 is 2.95 bits per heavy atom. The molecule has 20 heavy (non-hydrogen) atoms. The van der Waals surface area contributed by atoms with Crippen molar-refractivity contribution < 1.29 is 9.84 Å². The van der Waals surface area contributed by atoms with Gasteiger partial charge in [-0.05, 0) is 25.5 Å². The van der Waals surface area contributed by atoms with Gasteiger partial charge in [0, 0.05) is 32.1 Å². The van der Waals surface area contributed by atoms with Crippen LogP contribution in [0.3, 0.4) is 0 Å². The van der Waals surface area contributed by atoms with E-state index in [0.717, 1.165) is 32.5 Å². The SMILES string of the molecule is CCCCCCOCC(O)CNCCCn1cccn1. The summed E-state index contributed by atoms with van der Waals surface area (Å²) < 4.78 is 7.37. The molecule has 0 aliphatic heterocycles. The number of hydrogen-bond donors (Lipinski definition) is 2. The van der Waals surface area contributed by atoms with Crippen molar-refractivity contribution in [1.82, 2.24) is 15.1 Å². The molecule has 1 unspecified atom stereocenters. The van der Waals surface area contributed by atoms with Crippen LogP contribution in [0.5, 0.6) is 0 Å². The van der Waals surface area contributed by atoms with Crippen molar-refractivity contribution >= 4 is 0 Å². The van der Waals surface area contributed by atoms with Gasteiger partial charge in [0.05, 0.1) is 12.7 Å². The zero-order valence-corrected chi connectivity index (χ0v) is 12.6. The monoisotopic (exact) mass is 283 g/mol. The maximum atomic E-state index is 9.73. The Bertz CT molecular complexity index is 304. The summed E-state index contributed by atoms with van der Waals surface area (Å²) in [6.45, 7) is 5.77. The van der Waals surface area contributed by atoms with Crippen LogP contribution in [0.25, 0.3) is 0 Å². The molecule has 0 radical (unpaired) electrons. The minimum absolute atomic E-state index is 0.411. The molecule has 0 aliphatic rings. The molecule has 2 N–H and O–H groups in total. The summed E-state index contributed by atoms with van der Waals surface area (Å²) in [5.41, 5.74) is 0. The van der Waals surface area contributed by atoms with Crippen molar-refractivity contribution in [2.45, 2.75) is 51.7 Å². The topological polar surface area (TPSA) is 59.3 Å². The molecule has 1 atom stereocenters. The fourth-order valence-electron chi connectivity index (χ4n) is 1.98. The fraction of sp³-hybridized carbons (Fsp3) is 0.800. The summed E-state index contributed by atoms with van der Waals surface area (Å²) in [5, 5.41) is 17.1. The number of nitrogens with one attached hydrogen (secondary N) is 1. The Labute approximate surface area is 122 Å². The van der Waals surface area contributed by atoms with E-state index in [2.05, 4.69) is 17.3 Å². The average Bonchev–Trinajstić information content (AvgIpc) is 2.95. The van der Waals surface area contributed by atoms with Crippen LogP contribution in [0.1, 0.15) is 39.0 Å². The lowest BCUT2D eigenvalue weighted by Gasteiger charge is -2.12. The Morgan fingerprint density at radius 1 is 1.30 bits per heavy atom. The molecular formula is C15H29N3O2. The van der Waals surface area contributed by atoms with Crippen LogP contribution >= 0.6 is 0 Å². The molecule has 5 nitrogen and oxygen atoms in total. The van der Waals surface area contributed by atoms with E-state index in [0.29, 0.717) is 13.2 Å². The molecule has 0 aliphatic carbocycles. The zero-order chi connectivity index (χ0) is 14.5. The Morgan fingerprint density at radius 2 is 2.20 bits per heavy atom. The van der Waals surface area contributed by atoms with Crippen molar-refractivity contribution in [3.63, 3.8) is 0 Å². The third-order valence-electron chi connectivity index (χ3n) is 3.13. The summed E-state index contributed by atoms with van der Waals surface area (Å²) in [7, 11) is 0.